The summed E-state index contributed by atoms with van der Waals surface area (Å²) in [5.41, 5.74) is 2.10. The van der Waals surface area contributed by atoms with E-state index in [4.69, 9.17) is 9.47 Å². The van der Waals surface area contributed by atoms with E-state index in [2.05, 4.69) is 23.9 Å². The Morgan fingerprint density at radius 3 is 2.38 bits per heavy atom. The molecule has 0 aromatic heterocycles. The van der Waals surface area contributed by atoms with Gasteiger partial charge >= 0.3 is 0 Å². The molecule has 6 nitrogen and oxygen atoms in total. The minimum Gasteiger partial charge on any atom is -0.493 e. The first-order valence-electron chi connectivity index (χ1n) is 9.47. The number of anilines is 1. The van der Waals surface area contributed by atoms with Gasteiger partial charge in [0.15, 0.2) is 11.5 Å². The third-order valence-electron chi connectivity index (χ3n) is 5.56. The van der Waals surface area contributed by atoms with Gasteiger partial charge in [-0.15, -0.1) is 0 Å². The molecule has 26 heavy (non-hydrogen) atoms. The van der Waals surface area contributed by atoms with Crippen LogP contribution >= 0.6 is 0 Å². The lowest BCUT2D eigenvalue weighted by molar-refractivity contribution is -0.120. The summed E-state index contributed by atoms with van der Waals surface area (Å²) < 4.78 is 10.9. The van der Waals surface area contributed by atoms with Gasteiger partial charge in [-0.25, -0.2) is 0 Å². The molecule has 1 amide bonds. The van der Waals surface area contributed by atoms with Crippen LogP contribution in [-0.2, 0) is 11.2 Å². The van der Waals surface area contributed by atoms with Crippen molar-refractivity contribution >= 4 is 11.6 Å². The van der Waals surface area contributed by atoms with Gasteiger partial charge in [0.05, 0.1) is 26.5 Å². The number of carbonyl (C=O) groups is 1. The molecule has 2 aliphatic heterocycles. The first-order chi connectivity index (χ1) is 12.5. The molecule has 144 valence electrons. The predicted octanol–water partition coefficient (Wildman–Crippen LogP) is 2.01. The lowest BCUT2D eigenvalue weighted by atomic mass is 9.96. The minimum absolute atomic E-state index is 0.173. The predicted molar refractivity (Wildman–Crippen MR) is 103 cm³/mol. The maximum absolute atomic E-state index is 13.1. The van der Waals surface area contributed by atoms with Gasteiger partial charge < -0.3 is 19.3 Å². The third-order valence-corrected chi connectivity index (χ3v) is 5.56. The molecule has 0 N–H and O–H groups in total. The number of hydrogen-bond donors (Lipinski definition) is 0. The lowest BCUT2D eigenvalue weighted by Gasteiger charge is -2.39. The number of carbonyl (C=O) groups excluding carboxylic acids is 1. The van der Waals surface area contributed by atoms with E-state index in [9.17, 15) is 4.79 Å². The first kappa shape index (κ1) is 19.0. The van der Waals surface area contributed by atoms with Crippen LogP contribution in [0.1, 0.15) is 24.8 Å². The van der Waals surface area contributed by atoms with Gasteiger partial charge in [-0.05, 0) is 58.1 Å². The van der Waals surface area contributed by atoms with E-state index in [1.54, 1.807) is 14.2 Å². The zero-order valence-electron chi connectivity index (χ0n) is 16.5. The molecule has 1 unspecified atom stereocenters. The van der Waals surface area contributed by atoms with E-state index in [1.807, 2.05) is 17.0 Å². The molecule has 0 aliphatic carbocycles. The van der Waals surface area contributed by atoms with E-state index < -0.39 is 0 Å². The molecule has 1 aromatic carbocycles. The van der Waals surface area contributed by atoms with Gasteiger partial charge in [-0.3, -0.25) is 9.69 Å². The maximum Gasteiger partial charge on any atom is 0.241 e. The molecule has 0 spiro atoms. The van der Waals surface area contributed by atoms with Crippen molar-refractivity contribution in [2.24, 2.45) is 0 Å². The van der Waals surface area contributed by atoms with Crippen molar-refractivity contribution in [3.8, 4) is 11.5 Å². The van der Waals surface area contributed by atoms with E-state index in [0.717, 1.165) is 30.8 Å². The summed E-state index contributed by atoms with van der Waals surface area (Å²) in [6.45, 7) is 3.25. The molecule has 0 radical (unpaired) electrons. The Hall–Kier alpha value is -1.79. The molecular formula is C20H31N3O3. The second-order valence-electron chi connectivity index (χ2n) is 7.50. The van der Waals surface area contributed by atoms with E-state index >= 15 is 0 Å². The number of benzene rings is 1. The van der Waals surface area contributed by atoms with Crippen molar-refractivity contribution in [2.75, 3.05) is 59.4 Å². The SMILES string of the molecule is COc1cc2c(cc1OC)N(C(=O)CN1CCCCC1)CC(N(C)C)C2. The number of hydrogen-bond acceptors (Lipinski definition) is 5. The summed E-state index contributed by atoms with van der Waals surface area (Å²) in [5.74, 6) is 1.56. The van der Waals surface area contributed by atoms with Crippen LogP contribution in [0.2, 0.25) is 0 Å². The number of methoxy groups -OCH3 is 2. The molecule has 2 heterocycles. The highest BCUT2D eigenvalue weighted by Gasteiger charge is 2.32. The molecule has 0 saturated carbocycles. The number of ether oxygens (including phenoxy) is 2. The summed E-state index contributed by atoms with van der Waals surface area (Å²) in [4.78, 5) is 19.6. The Balaban J connectivity index is 1.89. The van der Waals surface area contributed by atoms with Crippen molar-refractivity contribution in [1.82, 2.24) is 9.80 Å². The average molecular weight is 361 g/mol. The number of fused-ring (bicyclic) bond motifs is 1. The summed E-state index contributed by atoms with van der Waals surface area (Å²) in [6.07, 6.45) is 4.55. The van der Waals surface area contributed by atoms with Crippen LogP contribution in [0.5, 0.6) is 11.5 Å². The minimum atomic E-state index is 0.173. The molecular weight excluding hydrogens is 330 g/mol. The number of likely N-dealkylation sites (N-methyl/N-ethyl adjacent to an activating group) is 1. The van der Waals surface area contributed by atoms with Gasteiger partial charge in [-0.2, -0.15) is 0 Å². The van der Waals surface area contributed by atoms with Gasteiger partial charge in [0, 0.05) is 18.7 Å². The van der Waals surface area contributed by atoms with Crippen LogP contribution in [0.15, 0.2) is 12.1 Å². The van der Waals surface area contributed by atoms with Crippen LogP contribution in [0, 0.1) is 0 Å². The van der Waals surface area contributed by atoms with Gasteiger partial charge in [-0.1, -0.05) is 6.42 Å². The molecule has 2 aliphatic rings. The number of amides is 1. The fourth-order valence-corrected chi connectivity index (χ4v) is 3.93. The Morgan fingerprint density at radius 1 is 1.12 bits per heavy atom. The second kappa shape index (κ2) is 8.27. The largest absolute Gasteiger partial charge is 0.493 e. The fourth-order valence-electron chi connectivity index (χ4n) is 3.93. The average Bonchev–Trinajstić information content (AvgIpc) is 2.66. The van der Waals surface area contributed by atoms with Crippen molar-refractivity contribution in [2.45, 2.75) is 31.7 Å². The van der Waals surface area contributed by atoms with Gasteiger partial charge in [0.2, 0.25) is 5.91 Å². The standard InChI is InChI=1S/C20H31N3O3/c1-21(2)16-10-15-11-18(25-3)19(26-4)12-17(15)23(13-16)20(24)14-22-8-6-5-7-9-22/h11-12,16H,5-10,13-14H2,1-4H3. The quantitative estimate of drug-likeness (QED) is 0.803. The van der Waals surface area contributed by atoms with Crippen LogP contribution in [0.3, 0.4) is 0 Å². The Bertz CT molecular complexity index is 641. The number of rotatable bonds is 5. The zero-order chi connectivity index (χ0) is 18.7. The molecule has 1 saturated heterocycles. The highest BCUT2D eigenvalue weighted by Crippen LogP contribution is 2.38. The molecule has 1 aromatic rings. The van der Waals surface area contributed by atoms with Crippen LogP contribution in [0.25, 0.3) is 0 Å². The lowest BCUT2D eigenvalue weighted by Crippen LogP contribution is -2.51. The summed E-state index contributed by atoms with van der Waals surface area (Å²) >= 11 is 0. The topological polar surface area (TPSA) is 45.3 Å². The number of piperidine rings is 1. The van der Waals surface area contributed by atoms with Crippen LogP contribution < -0.4 is 14.4 Å². The molecule has 3 rings (SSSR count). The first-order valence-corrected chi connectivity index (χ1v) is 9.47. The highest BCUT2D eigenvalue weighted by atomic mass is 16.5. The summed E-state index contributed by atoms with van der Waals surface area (Å²) in [5, 5.41) is 0. The fraction of sp³-hybridized carbons (Fsp3) is 0.650. The number of nitrogens with zero attached hydrogens (tertiary/aromatic N) is 3. The van der Waals surface area contributed by atoms with E-state index in [1.165, 1.54) is 19.3 Å². The van der Waals surface area contributed by atoms with Crippen LogP contribution in [0.4, 0.5) is 5.69 Å². The van der Waals surface area contributed by atoms with Gasteiger partial charge in [0.25, 0.3) is 0 Å². The Labute approximate surface area is 156 Å². The zero-order valence-corrected chi connectivity index (χ0v) is 16.5. The van der Waals surface area contributed by atoms with Crippen molar-refractivity contribution < 1.29 is 14.3 Å². The second-order valence-corrected chi connectivity index (χ2v) is 7.50. The van der Waals surface area contributed by atoms with Crippen molar-refractivity contribution in [3.63, 3.8) is 0 Å². The Kier molecular flexibility index (Phi) is 6.04. The highest BCUT2D eigenvalue weighted by molar-refractivity contribution is 5.96. The normalized spacial score (nSPS) is 20.8. The molecule has 6 heteroatoms. The summed E-state index contributed by atoms with van der Waals surface area (Å²) in [7, 11) is 7.43. The molecule has 0 bridgehead atoms. The van der Waals surface area contributed by atoms with Crippen molar-refractivity contribution in [1.29, 1.82) is 0 Å². The van der Waals surface area contributed by atoms with Crippen LogP contribution in [-0.4, -0.2) is 76.2 Å². The van der Waals surface area contributed by atoms with Gasteiger partial charge in [0.1, 0.15) is 0 Å². The third kappa shape index (κ3) is 3.96. The van der Waals surface area contributed by atoms with E-state index in [-0.39, 0.29) is 5.91 Å². The Morgan fingerprint density at radius 2 is 1.77 bits per heavy atom. The summed E-state index contributed by atoms with van der Waals surface area (Å²) in [6, 6.07) is 4.27. The van der Waals surface area contributed by atoms with E-state index in [0.29, 0.717) is 30.6 Å². The molecule has 1 fully saturated rings. The van der Waals surface area contributed by atoms with Crippen molar-refractivity contribution in [3.05, 3.63) is 17.7 Å². The smallest absolute Gasteiger partial charge is 0.241 e. The maximum atomic E-state index is 13.1. The molecule has 1 atom stereocenters. The monoisotopic (exact) mass is 361 g/mol. The number of likely N-dealkylation sites (tertiary alicyclic amines) is 1.